The second kappa shape index (κ2) is 2.89. The molecular weight excluding hydrogens is 186 g/mol. The van der Waals surface area contributed by atoms with Crippen molar-refractivity contribution in [1.82, 2.24) is 4.98 Å². The molecule has 1 aromatic carbocycles. The summed E-state index contributed by atoms with van der Waals surface area (Å²) in [6, 6.07) is 7.39. The molecule has 0 aliphatic heterocycles. The topological polar surface area (TPSA) is 33.1 Å². The molecule has 2 nitrogen and oxygen atoms in total. The van der Waals surface area contributed by atoms with Crippen LogP contribution < -0.4 is 0 Å². The summed E-state index contributed by atoms with van der Waals surface area (Å²) in [6.07, 6.45) is 0. The third kappa shape index (κ3) is 1.23. The van der Waals surface area contributed by atoms with E-state index in [4.69, 9.17) is 11.6 Å². The van der Waals surface area contributed by atoms with Gasteiger partial charge in [-0.05, 0) is 6.92 Å². The standard InChI is InChI=1S/C10H8ClNO/c1-6-9(13)7-4-2-3-5-8(7)10(11)12-6/h2-5,13H,1H3. The van der Waals surface area contributed by atoms with Crippen molar-refractivity contribution < 1.29 is 5.11 Å². The highest BCUT2D eigenvalue weighted by Gasteiger charge is 2.07. The van der Waals surface area contributed by atoms with E-state index in [1.807, 2.05) is 24.3 Å². The van der Waals surface area contributed by atoms with Gasteiger partial charge in [-0.2, -0.15) is 0 Å². The van der Waals surface area contributed by atoms with Gasteiger partial charge in [-0.1, -0.05) is 35.9 Å². The van der Waals surface area contributed by atoms with Crippen LogP contribution in [0.2, 0.25) is 5.15 Å². The Balaban J connectivity index is 2.97. The van der Waals surface area contributed by atoms with Gasteiger partial charge in [-0.3, -0.25) is 0 Å². The molecule has 1 heterocycles. The van der Waals surface area contributed by atoms with Gasteiger partial charge >= 0.3 is 0 Å². The van der Waals surface area contributed by atoms with E-state index in [0.29, 0.717) is 10.8 Å². The van der Waals surface area contributed by atoms with E-state index < -0.39 is 0 Å². The molecule has 0 saturated carbocycles. The van der Waals surface area contributed by atoms with Gasteiger partial charge in [-0.15, -0.1) is 0 Å². The maximum atomic E-state index is 9.66. The van der Waals surface area contributed by atoms with Crippen LogP contribution in [0.25, 0.3) is 10.8 Å². The first-order chi connectivity index (χ1) is 6.20. The SMILES string of the molecule is Cc1nc(Cl)c2ccccc2c1O. The average molecular weight is 194 g/mol. The number of rotatable bonds is 0. The first kappa shape index (κ1) is 8.32. The van der Waals surface area contributed by atoms with Crippen molar-refractivity contribution in [2.75, 3.05) is 0 Å². The van der Waals surface area contributed by atoms with Crippen LogP contribution in [0.15, 0.2) is 24.3 Å². The molecule has 0 fully saturated rings. The Morgan fingerprint density at radius 2 is 1.85 bits per heavy atom. The molecule has 1 aromatic heterocycles. The zero-order valence-electron chi connectivity index (χ0n) is 7.08. The minimum absolute atomic E-state index is 0.208. The summed E-state index contributed by atoms with van der Waals surface area (Å²) in [4.78, 5) is 4.02. The lowest BCUT2D eigenvalue weighted by Crippen LogP contribution is -1.85. The Morgan fingerprint density at radius 1 is 1.23 bits per heavy atom. The normalized spacial score (nSPS) is 10.6. The van der Waals surface area contributed by atoms with Crippen molar-refractivity contribution in [3.63, 3.8) is 0 Å². The van der Waals surface area contributed by atoms with Crippen LogP contribution in [-0.2, 0) is 0 Å². The second-order valence-electron chi connectivity index (χ2n) is 2.88. The molecule has 13 heavy (non-hydrogen) atoms. The number of halogens is 1. The van der Waals surface area contributed by atoms with Crippen LogP contribution in [-0.4, -0.2) is 10.1 Å². The maximum absolute atomic E-state index is 9.66. The summed E-state index contributed by atoms with van der Waals surface area (Å²) < 4.78 is 0. The van der Waals surface area contributed by atoms with Gasteiger partial charge < -0.3 is 5.11 Å². The fourth-order valence-corrected chi connectivity index (χ4v) is 1.62. The molecule has 0 amide bonds. The van der Waals surface area contributed by atoms with Crippen molar-refractivity contribution in [3.05, 3.63) is 35.1 Å². The van der Waals surface area contributed by atoms with E-state index in [0.717, 1.165) is 10.8 Å². The lowest BCUT2D eigenvalue weighted by atomic mass is 10.1. The second-order valence-corrected chi connectivity index (χ2v) is 3.24. The first-order valence-corrected chi connectivity index (χ1v) is 4.32. The predicted octanol–water partition coefficient (Wildman–Crippen LogP) is 2.90. The highest BCUT2D eigenvalue weighted by molar-refractivity contribution is 6.34. The van der Waals surface area contributed by atoms with E-state index in [-0.39, 0.29) is 5.75 Å². The molecule has 0 aliphatic rings. The maximum Gasteiger partial charge on any atom is 0.144 e. The van der Waals surface area contributed by atoms with E-state index in [1.54, 1.807) is 6.92 Å². The Hall–Kier alpha value is -1.28. The number of hydrogen-bond donors (Lipinski definition) is 1. The highest BCUT2D eigenvalue weighted by atomic mass is 35.5. The summed E-state index contributed by atoms with van der Waals surface area (Å²) >= 11 is 5.91. The van der Waals surface area contributed by atoms with Gasteiger partial charge in [0.15, 0.2) is 0 Å². The lowest BCUT2D eigenvalue weighted by Gasteiger charge is -2.04. The molecule has 0 aliphatic carbocycles. The highest BCUT2D eigenvalue weighted by Crippen LogP contribution is 2.30. The molecule has 0 unspecified atom stereocenters. The molecule has 0 atom stereocenters. The van der Waals surface area contributed by atoms with Gasteiger partial charge in [-0.25, -0.2) is 4.98 Å². The average Bonchev–Trinajstić information content (AvgIpc) is 2.15. The smallest absolute Gasteiger partial charge is 0.144 e. The van der Waals surface area contributed by atoms with Gasteiger partial charge in [0, 0.05) is 10.8 Å². The molecule has 0 spiro atoms. The quantitative estimate of drug-likeness (QED) is 0.653. The Bertz CT molecular complexity index is 468. The van der Waals surface area contributed by atoms with Gasteiger partial charge in [0.2, 0.25) is 0 Å². The van der Waals surface area contributed by atoms with E-state index >= 15 is 0 Å². The molecule has 0 bridgehead atoms. The van der Waals surface area contributed by atoms with Gasteiger partial charge in [0.1, 0.15) is 10.9 Å². The van der Waals surface area contributed by atoms with Crippen LogP contribution in [0.4, 0.5) is 0 Å². The third-order valence-electron chi connectivity index (χ3n) is 2.01. The summed E-state index contributed by atoms with van der Waals surface area (Å²) in [5, 5.41) is 11.6. The van der Waals surface area contributed by atoms with Crippen LogP contribution >= 0.6 is 11.6 Å². The number of fused-ring (bicyclic) bond motifs is 1. The largest absolute Gasteiger partial charge is 0.505 e. The zero-order chi connectivity index (χ0) is 9.42. The van der Waals surface area contributed by atoms with Gasteiger partial charge in [0.25, 0.3) is 0 Å². The third-order valence-corrected chi connectivity index (χ3v) is 2.30. The summed E-state index contributed by atoms with van der Waals surface area (Å²) in [5.74, 6) is 0.208. The van der Waals surface area contributed by atoms with Gasteiger partial charge in [0.05, 0.1) is 5.69 Å². The van der Waals surface area contributed by atoms with E-state index in [9.17, 15) is 5.11 Å². The number of hydrogen-bond acceptors (Lipinski definition) is 2. The minimum Gasteiger partial charge on any atom is -0.505 e. The minimum atomic E-state index is 0.208. The number of benzene rings is 1. The van der Waals surface area contributed by atoms with Crippen LogP contribution in [0.5, 0.6) is 5.75 Å². The number of nitrogens with zero attached hydrogens (tertiary/aromatic N) is 1. The molecule has 2 rings (SSSR count). The first-order valence-electron chi connectivity index (χ1n) is 3.94. The molecule has 66 valence electrons. The summed E-state index contributed by atoms with van der Waals surface area (Å²) in [5.41, 5.74) is 0.559. The Morgan fingerprint density at radius 3 is 2.54 bits per heavy atom. The molecule has 1 N–H and O–H groups in total. The summed E-state index contributed by atoms with van der Waals surface area (Å²) in [6.45, 7) is 1.73. The lowest BCUT2D eigenvalue weighted by molar-refractivity contribution is 0.474. The molecule has 3 heteroatoms. The number of aromatic hydroxyl groups is 1. The van der Waals surface area contributed by atoms with Crippen molar-refractivity contribution in [2.45, 2.75) is 6.92 Å². The fourth-order valence-electron chi connectivity index (χ4n) is 1.32. The number of aryl methyl sites for hydroxylation is 1. The van der Waals surface area contributed by atoms with Crippen molar-refractivity contribution in [2.24, 2.45) is 0 Å². The number of pyridine rings is 1. The van der Waals surface area contributed by atoms with E-state index in [1.165, 1.54) is 0 Å². The Labute approximate surface area is 80.8 Å². The van der Waals surface area contributed by atoms with Crippen molar-refractivity contribution in [3.8, 4) is 5.75 Å². The molecular formula is C10H8ClNO. The summed E-state index contributed by atoms with van der Waals surface area (Å²) in [7, 11) is 0. The molecule has 0 radical (unpaired) electrons. The van der Waals surface area contributed by atoms with Crippen LogP contribution in [0.1, 0.15) is 5.69 Å². The number of aromatic nitrogens is 1. The van der Waals surface area contributed by atoms with Crippen LogP contribution in [0, 0.1) is 6.92 Å². The van der Waals surface area contributed by atoms with Crippen molar-refractivity contribution in [1.29, 1.82) is 0 Å². The zero-order valence-corrected chi connectivity index (χ0v) is 7.84. The fraction of sp³-hybridized carbons (Fsp3) is 0.100. The van der Waals surface area contributed by atoms with Crippen molar-refractivity contribution >= 4 is 22.4 Å². The van der Waals surface area contributed by atoms with Crippen LogP contribution in [0.3, 0.4) is 0 Å². The molecule has 0 saturated heterocycles. The molecule has 2 aromatic rings. The van der Waals surface area contributed by atoms with E-state index in [2.05, 4.69) is 4.98 Å². The monoisotopic (exact) mass is 193 g/mol. The predicted molar refractivity (Wildman–Crippen MR) is 53.2 cm³/mol. The Kier molecular flexibility index (Phi) is 1.85.